The van der Waals surface area contributed by atoms with E-state index >= 15 is 0 Å². The van der Waals surface area contributed by atoms with Gasteiger partial charge in [-0.05, 0) is 64.9 Å². The van der Waals surface area contributed by atoms with Crippen molar-refractivity contribution < 1.29 is 31.6 Å². The Hall–Kier alpha value is -2.58. The van der Waals surface area contributed by atoms with Crippen molar-refractivity contribution in [2.75, 3.05) is 12.9 Å². The molecule has 0 fully saturated rings. The average Bonchev–Trinajstić information content (AvgIpc) is 2.76. The standard InChI is InChI=1S/C28H38O7S/c1-20(11-9-14-22-12-7-6-8-13-22)33-24-18-26(34-21(2)29)25-17-23(15-10-16-32-36(5,30)31)28(3,4)35-27(25)19-24/h6-8,12-13,18-20,23H,9-11,14-17H2,1-5H3. The molecule has 0 radical (unpaired) electrons. The second-order valence-electron chi connectivity index (χ2n) is 10.1. The number of rotatable bonds is 12. The van der Waals surface area contributed by atoms with E-state index in [1.165, 1.54) is 12.5 Å². The fraction of sp³-hybridized carbons (Fsp3) is 0.536. The predicted octanol–water partition coefficient (Wildman–Crippen LogP) is 5.49. The van der Waals surface area contributed by atoms with Gasteiger partial charge in [0.1, 0.15) is 22.8 Å². The maximum Gasteiger partial charge on any atom is 0.308 e. The lowest BCUT2D eigenvalue weighted by Gasteiger charge is -2.40. The molecular formula is C28H38O7S. The molecule has 0 bridgehead atoms. The number of aryl methyl sites for hydroxylation is 1. The summed E-state index contributed by atoms with van der Waals surface area (Å²) in [6.45, 7) is 7.58. The average molecular weight is 519 g/mol. The van der Waals surface area contributed by atoms with Crippen LogP contribution in [0.25, 0.3) is 0 Å². The van der Waals surface area contributed by atoms with Crippen molar-refractivity contribution in [3.63, 3.8) is 0 Å². The van der Waals surface area contributed by atoms with Crippen LogP contribution in [0.3, 0.4) is 0 Å². The Bertz CT molecular complexity index is 1130. The second kappa shape index (κ2) is 12.1. The summed E-state index contributed by atoms with van der Waals surface area (Å²) >= 11 is 0. The zero-order valence-electron chi connectivity index (χ0n) is 21.9. The molecule has 0 aromatic heterocycles. The molecular weight excluding hydrogens is 480 g/mol. The fourth-order valence-electron chi connectivity index (χ4n) is 4.58. The van der Waals surface area contributed by atoms with Crippen molar-refractivity contribution in [1.82, 2.24) is 0 Å². The van der Waals surface area contributed by atoms with Gasteiger partial charge in [0.2, 0.25) is 0 Å². The van der Waals surface area contributed by atoms with Gasteiger partial charge >= 0.3 is 5.97 Å². The van der Waals surface area contributed by atoms with Crippen molar-refractivity contribution in [3.05, 3.63) is 53.6 Å². The summed E-state index contributed by atoms with van der Waals surface area (Å²) in [5.74, 6) is 1.38. The van der Waals surface area contributed by atoms with Gasteiger partial charge in [0.25, 0.3) is 10.1 Å². The van der Waals surface area contributed by atoms with Crippen LogP contribution in [0.4, 0.5) is 0 Å². The predicted molar refractivity (Wildman–Crippen MR) is 139 cm³/mol. The molecule has 0 aliphatic carbocycles. The molecule has 0 saturated heterocycles. The Balaban J connectivity index is 1.69. The monoisotopic (exact) mass is 518 g/mol. The summed E-state index contributed by atoms with van der Waals surface area (Å²) in [5.41, 5.74) is 1.64. The third-order valence-corrected chi connectivity index (χ3v) is 7.05. The molecule has 0 N–H and O–H groups in total. The van der Waals surface area contributed by atoms with E-state index in [4.69, 9.17) is 18.4 Å². The molecule has 2 aromatic rings. The summed E-state index contributed by atoms with van der Waals surface area (Å²) < 4.78 is 45.5. The van der Waals surface area contributed by atoms with Crippen LogP contribution < -0.4 is 14.2 Å². The molecule has 1 aliphatic heterocycles. The molecule has 0 saturated carbocycles. The first-order valence-electron chi connectivity index (χ1n) is 12.5. The summed E-state index contributed by atoms with van der Waals surface area (Å²) in [4.78, 5) is 11.8. The van der Waals surface area contributed by atoms with Crippen molar-refractivity contribution >= 4 is 16.1 Å². The highest BCUT2D eigenvalue weighted by molar-refractivity contribution is 7.85. The second-order valence-corrected chi connectivity index (χ2v) is 11.7. The summed E-state index contributed by atoms with van der Waals surface area (Å²) in [6.07, 6.45) is 5.83. The van der Waals surface area contributed by atoms with E-state index in [1.54, 1.807) is 6.07 Å². The van der Waals surface area contributed by atoms with Crippen molar-refractivity contribution in [1.29, 1.82) is 0 Å². The van der Waals surface area contributed by atoms with Crippen molar-refractivity contribution in [2.24, 2.45) is 5.92 Å². The highest BCUT2D eigenvalue weighted by atomic mass is 32.2. The van der Waals surface area contributed by atoms with Gasteiger partial charge in [-0.2, -0.15) is 8.42 Å². The number of carbonyl (C=O) groups is 1. The van der Waals surface area contributed by atoms with Crippen LogP contribution in [-0.2, 0) is 31.9 Å². The molecule has 7 nitrogen and oxygen atoms in total. The minimum Gasteiger partial charge on any atom is -0.490 e. The molecule has 36 heavy (non-hydrogen) atoms. The lowest BCUT2D eigenvalue weighted by atomic mass is 9.79. The van der Waals surface area contributed by atoms with Gasteiger partial charge in [0.15, 0.2) is 0 Å². The van der Waals surface area contributed by atoms with E-state index in [0.717, 1.165) is 31.1 Å². The minimum absolute atomic E-state index is 0.0175. The Morgan fingerprint density at radius 3 is 2.56 bits per heavy atom. The third kappa shape index (κ3) is 8.52. The maximum absolute atomic E-state index is 11.8. The fourth-order valence-corrected chi connectivity index (χ4v) is 5.00. The van der Waals surface area contributed by atoms with Gasteiger partial charge in [0.05, 0.1) is 19.0 Å². The SMILES string of the molecule is CC(=O)Oc1cc(OC(C)CCCc2ccccc2)cc2c1CC(CCCOS(C)(=O)=O)C(C)(C)O2. The van der Waals surface area contributed by atoms with Crippen LogP contribution in [0.2, 0.25) is 0 Å². The van der Waals surface area contributed by atoms with E-state index in [2.05, 4.69) is 12.1 Å². The van der Waals surface area contributed by atoms with Gasteiger partial charge < -0.3 is 14.2 Å². The van der Waals surface area contributed by atoms with E-state index in [0.29, 0.717) is 36.5 Å². The van der Waals surface area contributed by atoms with Crippen LogP contribution in [0.1, 0.15) is 64.5 Å². The van der Waals surface area contributed by atoms with Crippen LogP contribution in [0, 0.1) is 5.92 Å². The molecule has 1 heterocycles. The van der Waals surface area contributed by atoms with Crippen molar-refractivity contribution in [2.45, 2.75) is 77.9 Å². The van der Waals surface area contributed by atoms with Crippen LogP contribution >= 0.6 is 0 Å². The van der Waals surface area contributed by atoms with Gasteiger partial charge in [-0.25, -0.2) is 0 Å². The Labute approximate surface area is 215 Å². The number of benzene rings is 2. The van der Waals surface area contributed by atoms with Gasteiger partial charge in [-0.1, -0.05) is 30.3 Å². The van der Waals surface area contributed by atoms with E-state index in [9.17, 15) is 13.2 Å². The molecule has 2 atom stereocenters. The number of carbonyl (C=O) groups excluding carboxylic acids is 1. The van der Waals surface area contributed by atoms with Gasteiger partial charge in [0, 0.05) is 30.5 Å². The molecule has 1 aliphatic rings. The first kappa shape index (κ1) is 28.0. The number of hydrogen-bond acceptors (Lipinski definition) is 7. The van der Waals surface area contributed by atoms with E-state index in [-0.39, 0.29) is 18.6 Å². The van der Waals surface area contributed by atoms with Crippen molar-refractivity contribution in [3.8, 4) is 17.2 Å². The topological polar surface area (TPSA) is 88.1 Å². The quantitative estimate of drug-likeness (QED) is 0.159. The number of esters is 1. The third-order valence-electron chi connectivity index (χ3n) is 6.45. The number of fused-ring (bicyclic) bond motifs is 1. The summed E-state index contributed by atoms with van der Waals surface area (Å²) in [5, 5.41) is 0. The summed E-state index contributed by atoms with van der Waals surface area (Å²) in [6, 6.07) is 14.0. The van der Waals surface area contributed by atoms with Gasteiger partial charge in [-0.3, -0.25) is 8.98 Å². The molecule has 0 spiro atoms. The highest BCUT2D eigenvalue weighted by Crippen LogP contribution is 2.45. The minimum atomic E-state index is -3.46. The Morgan fingerprint density at radius 1 is 1.17 bits per heavy atom. The smallest absolute Gasteiger partial charge is 0.308 e. The number of hydrogen-bond donors (Lipinski definition) is 0. The van der Waals surface area contributed by atoms with Gasteiger partial charge in [-0.15, -0.1) is 0 Å². The van der Waals surface area contributed by atoms with E-state index < -0.39 is 21.7 Å². The molecule has 2 unspecified atom stereocenters. The maximum atomic E-state index is 11.8. The zero-order chi connectivity index (χ0) is 26.3. The number of ether oxygens (including phenoxy) is 3. The van der Waals surface area contributed by atoms with E-state index in [1.807, 2.05) is 45.0 Å². The molecule has 3 rings (SSSR count). The molecule has 2 aromatic carbocycles. The largest absolute Gasteiger partial charge is 0.490 e. The summed E-state index contributed by atoms with van der Waals surface area (Å²) in [7, 11) is -3.46. The normalized spacial score (nSPS) is 17.5. The van der Waals surface area contributed by atoms with Crippen LogP contribution in [0.5, 0.6) is 17.2 Å². The molecule has 0 amide bonds. The highest BCUT2D eigenvalue weighted by Gasteiger charge is 2.38. The first-order valence-corrected chi connectivity index (χ1v) is 14.3. The molecule has 8 heteroatoms. The Morgan fingerprint density at radius 2 is 1.89 bits per heavy atom. The first-order chi connectivity index (χ1) is 16.9. The zero-order valence-corrected chi connectivity index (χ0v) is 22.7. The lowest BCUT2D eigenvalue weighted by Crippen LogP contribution is -2.42. The lowest BCUT2D eigenvalue weighted by molar-refractivity contribution is -0.132. The Kier molecular flexibility index (Phi) is 9.41. The molecule has 198 valence electrons. The van der Waals surface area contributed by atoms with Crippen LogP contribution in [-0.4, -0.2) is 39.0 Å². The van der Waals surface area contributed by atoms with Crippen LogP contribution in [0.15, 0.2) is 42.5 Å².